The lowest BCUT2D eigenvalue weighted by molar-refractivity contribution is -0.0843. The van der Waals surface area contributed by atoms with Crippen molar-refractivity contribution in [3.63, 3.8) is 0 Å². The number of benzene rings is 1. The van der Waals surface area contributed by atoms with Crippen LogP contribution in [0.25, 0.3) is 0 Å². The molecule has 1 fully saturated rings. The van der Waals surface area contributed by atoms with Gasteiger partial charge >= 0.3 is 0 Å². The van der Waals surface area contributed by atoms with Crippen molar-refractivity contribution in [2.75, 3.05) is 13.7 Å². The van der Waals surface area contributed by atoms with Gasteiger partial charge in [-0.05, 0) is 37.5 Å². The van der Waals surface area contributed by atoms with Crippen molar-refractivity contribution in [1.29, 1.82) is 0 Å². The first-order valence-electron chi connectivity index (χ1n) is 5.71. The van der Waals surface area contributed by atoms with E-state index in [2.05, 4.69) is 6.92 Å². The minimum Gasteiger partial charge on any atom is -0.497 e. The smallest absolute Gasteiger partial charge is 0.118 e. The average Bonchev–Trinajstić information content (AvgIpc) is 2.33. The minimum atomic E-state index is -0.357. The van der Waals surface area contributed by atoms with Gasteiger partial charge in [0.05, 0.1) is 7.11 Å². The molecule has 0 spiro atoms. The molecule has 16 heavy (non-hydrogen) atoms. The molecule has 2 rings (SSSR count). The number of hydrogen-bond donors (Lipinski definition) is 1. The molecular formula is C13H19NO2. The number of hydrogen-bond acceptors (Lipinski definition) is 3. The maximum Gasteiger partial charge on any atom is 0.118 e. The Kier molecular flexibility index (Phi) is 3.17. The van der Waals surface area contributed by atoms with Gasteiger partial charge in [-0.15, -0.1) is 0 Å². The normalized spacial score (nSPS) is 30.1. The number of nitrogens with two attached hydrogens (primary N) is 1. The molecule has 0 aliphatic carbocycles. The van der Waals surface area contributed by atoms with Crippen molar-refractivity contribution in [1.82, 2.24) is 0 Å². The van der Waals surface area contributed by atoms with Gasteiger partial charge in [0.2, 0.25) is 0 Å². The van der Waals surface area contributed by atoms with Crippen LogP contribution in [-0.4, -0.2) is 19.8 Å². The average molecular weight is 221 g/mol. The molecular weight excluding hydrogens is 202 g/mol. The summed E-state index contributed by atoms with van der Waals surface area (Å²) in [5.41, 5.74) is 6.93. The fourth-order valence-electron chi connectivity index (χ4n) is 2.19. The fraction of sp³-hybridized carbons (Fsp3) is 0.538. The first-order chi connectivity index (χ1) is 7.66. The second kappa shape index (κ2) is 4.44. The number of methoxy groups -OCH3 is 1. The van der Waals surface area contributed by atoms with E-state index in [1.54, 1.807) is 7.11 Å². The SMILES string of the molecule is COc1ccc(C2(C)OCCCC2N)cc1. The fourth-order valence-corrected chi connectivity index (χ4v) is 2.19. The van der Waals surface area contributed by atoms with Crippen LogP contribution < -0.4 is 10.5 Å². The highest BCUT2D eigenvalue weighted by atomic mass is 16.5. The highest BCUT2D eigenvalue weighted by Crippen LogP contribution is 2.34. The Bertz CT molecular complexity index is 349. The van der Waals surface area contributed by atoms with Crippen LogP contribution in [0.3, 0.4) is 0 Å². The van der Waals surface area contributed by atoms with Crippen molar-refractivity contribution >= 4 is 0 Å². The monoisotopic (exact) mass is 221 g/mol. The highest BCUT2D eigenvalue weighted by Gasteiger charge is 2.37. The van der Waals surface area contributed by atoms with Crippen molar-refractivity contribution < 1.29 is 9.47 Å². The van der Waals surface area contributed by atoms with Gasteiger partial charge in [0.15, 0.2) is 0 Å². The summed E-state index contributed by atoms with van der Waals surface area (Å²) in [5, 5.41) is 0. The van der Waals surface area contributed by atoms with Crippen LogP contribution in [0, 0.1) is 0 Å². The van der Waals surface area contributed by atoms with Crippen molar-refractivity contribution in [3.05, 3.63) is 29.8 Å². The van der Waals surface area contributed by atoms with E-state index < -0.39 is 0 Å². The van der Waals surface area contributed by atoms with Gasteiger partial charge in [0.1, 0.15) is 11.4 Å². The van der Waals surface area contributed by atoms with E-state index >= 15 is 0 Å². The van der Waals surface area contributed by atoms with Gasteiger partial charge in [-0.3, -0.25) is 0 Å². The predicted molar refractivity (Wildman–Crippen MR) is 63.5 cm³/mol. The maximum absolute atomic E-state index is 6.16. The molecule has 1 aromatic carbocycles. The lowest BCUT2D eigenvalue weighted by atomic mass is 9.84. The Hall–Kier alpha value is -1.06. The van der Waals surface area contributed by atoms with Gasteiger partial charge in [0.25, 0.3) is 0 Å². The molecule has 1 saturated heterocycles. The molecule has 0 aromatic heterocycles. The zero-order valence-electron chi connectivity index (χ0n) is 9.90. The molecule has 2 unspecified atom stereocenters. The van der Waals surface area contributed by atoms with Crippen LogP contribution in [0.5, 0.6) is 5.75 Å². The Morgan fingerprint density at radius 3 is 2.62 bits per heavy atom. The van der Waals surface area contributed by atoms with Crippen LogP contribution in [0.2, 0.25) is 0 Å². The zero-order valence-corrected chi connectivity index (χ0v) is 9.90. The standard InChI is InChI=1S/C13H19NO2/c1-13(12(14)4-3-9-16-13)10-5-7-11(15-2)8-6-10/h5-8,12H,3-4,9,14H2,1-2H3. The van der Waals surface area contributed by atoms with E-state index in [0.717, 1.165) is 30.8 Å². The van der Waals surface area contributed by atoms with Gasteiger partial charge < -0.3 is 15.2 Å². The third-order valence-electron chi connectivity index (χ3n) is 3.43. The summed E-state index contributed by atoms with van der Waals surface area (Å²) in [6, 6.07) is 8.03. The van der Waals surface area contributed by atoms with Gasteiger partial charge in [-0.2, -0.15) is 0 Å². The molecule has 2 N–H and O–H groups in total. The molecule has 1 aliphatic rings. The van der Waals surface area contributed by atoms with Crippen LogP contribution >= 0.6 is 0 Å². The lowest BCUT2D eigenvalue weighted by Gasteiger charge is -2.39. The van der Waals surface area contributed by atoms with Crippen LogP contribution in [-0.2, 0) is 10.3 Å². The molecule has 1 aliphatic heterocycles. The summed E-state index contributed by atoms with van der Waals surface area (Å²) < 4.78 is 11.0. The Morgan fingerprint density at radius 2 is 2.06 bits per heavy atom. The molecule has 3 nitrogen and oxygen atoms in total. The Balaban J connectivity index is 2.26. The van der Waals surface area contributed by atoms with Crippen molar-refractivity contribution in [2.24, 2.45) is 5.73 Å². The van der Waals surface area contributed by atoms with Gasteiger partial charge in [-0.25, -0.2) is 0 Å². The Labute approximate surface area is 96.5 Å². The summed E-state index contributed by atoms with van der Waals surface area (Å²) in [4.78, 5) is 0. The van der Waals surface area contributed by atoms with Crippen molar-refractivity contribution in [3.8, 4) is 5.75 Å². The summed E-state index contributed by atoms with van der Waals surface area (Å²) in [6.45, 7) is 2.86. The number of rotatable bonds is 2. The van der Waals surface area contributed by atoms with Crippen molar-refractivity contribution in [2.45, 2.75) is 31.4 Å². The third-order valence-corrected chi connectivity index (χ3v) is 3.43. The molecule has 2 atom stereocenters. The highest BCUT2D eigenvalue weighted by molar-refractivity contribution is 5.32. The second-order valence-electron chi connectivity index (χ2n) is 4.43. The third kappa shape index (κ3) is 1.93. The molecule has 0 saturated carbocycles. The first-order valence-corrected chi connectivity index (χ1v) is 5.71. The molecule has 0 amide bonds. The zero-order chi connectivity index (χ0) is 11.6. The van der Waals surface area contributed by atoms with Gasteiger partial charge in [-0.1, -0.05) is 12.1 Å². The quantitative estimate of drug-likeness (QED) is 0.831. The lowest BCUT2D eigenvalue weighted by Crippen LogP contribution is -2.48. The Morgan fingerprint density at radius 1 is 1.38 bits per heavy atom. The van der Waals surface area contributed by atoms with E-state index in [0.29, 0.717) is 0 Å². The van der Waals surface area contributed by atoms with Crippen LogP contribution in [0.15, 0.2) is 24.3 Å². The molecule has 3 heteroatoms. The molecule has 1 heterocycles. The topological polar surface area (TPSA) is 44.5 Å². The molecule has 0 radical (unpaired) electrons. The number of ether oxygens (including phenoxy) is 2. The van der Waals surface area contributed by atoms with Crippen LogP contribution in [0.4, 0.5) is 0 Å². The van der Waals surface area contributed by atoms with E-state index in [9.17, 15) is 0 Å². The second-order valence-corrected chi connectivity index (χ2v) is 4.43. The molecule has 1 aromatic rings. The first kappa shape index (κ1) is 11.4. The van der Waals surface area contributed by atoms with E-state index in [1.165, 1.54) is 0 Å². The molecule has 0 bridgehead atoms. The summed E-state index contributed by atoms with van der Waals surface area (Å²) in [5.74, 6) is 0.858. The van der Waals surface area contributed by atoms with E-state index in [1.807, 2.05) is 24.3 Å². The summed E-state index contributed by atoms with van der Waals surface area (Å²) >= 11 is 0. The predicted octanol–water partition coefficient (Wildman–Crippen LogP) is 2.05. The minimum absolute atomic E-state index is 0.0645. The van der Waals surface area contributed by atoms with E-state index in [4.69, 9.17) is 15.2 Å². The van der Waals surface area contributed by atoms with Crippen LogP contribution in [0.1, 0.15) is 25.3 Å². The van der Waals surface area contributed by atoms with Gasteiger partial charge in [0, 0.05) is 12.6 Å². The summed E-state index contributed by atoms with van der Waals surface area (Å²) in [7, 11) is 1.67. The van der Waals surface area contributed by atoms with E-state index in [-0.39, 0.29) is 11.6 Å². The largest absolute Gasteiger partial charge is 0.497 e. The summed E-state index contributed by atoms with van der Waals surface area (Å²) in [6.07, 6.45) is 2.06. The maximum atomic E-state index is 6.16. The molecule has 88 valence electrons.